The first-order chi connectivity index (χ1) is 12.1. The van der Waals surface area contributed by atoms with Gasteiger partial charge in [0.05, 0.1) is 36.3 Å². The average molecular weight is 341 g/mol. The predicted octanol–water partition coefficient (Wildman–Crippen LogP) is 1.65. The topological polar surface area (TPSA) is 64.4 Å². The number of benzene rings is 1. The Morgan fingerprint density at radius 2 is 2.00 bits per heavy atom. The molecule has 0 bridgehead atoms. The number of rotatable bonds is 2. The standard InChI is InChI=1S/C19H23N3O3/c1-21-19(24)14-7-3-2-6-13(14)15(20-21)12-18(23)22-10-11-25-17-9-5-4-8-16(17)22/h2-3,6-7,16-17H,4-5,8-12H2,1H3. The van der Waals surface area contributed by atoms with Gasteiger partial charge < -0.3 is 9.64 Å². The van der Waals surface area contributed by atoms with Crippen LogP contribution in [0.3, 0.4) is 0 Å². The number of fused-ring (bicyclic) bond motifs is 2. The number of aromatic nitrogens is 2. The maximum Gasteiger partial charge on any atom is 0.274 e. The average Bonchev–Trinajstić information content (AvgIpc) is 2.65. The highest BCUT2D eigenvalue weighted by Gasteiger charge is 2.36. The van der Waals surface area contributed by atoms with Crippen molar-refractivity contribution in [3.63, 3.8) is 0 Å². The lowest BCUT2D eigenvalue weighted by Crippen LogP contribution is -2.55. The Labute approximate surface area is 146 Å². The predicted molar refractivity (Wildman–Crippen MR) is 94.4 cm³/mol. The minimum absolute atomic E-state index is 0.0801. The van der Waals surface area contributed by atoms with E-state index >= 15 is 0 Å². The molecular formula is C19H23N3O3. The monoisotopic (exact) mass is 341 g/mol. The van der Waals surface area contributed by atoms with E-state index in [0.717, 1.165) is 24.6 Å². The zero-order chi connectivity index (χ0) is 17.4. The Bertz CT molecular complexity index is 859. The molecule has 1 aromatic carbocycles. The molecule has 1 saturated heterocycles. The van der Waals surface area contributed by atoms with E-state index < -0.39 is 0 Å². The maximum absolute atomic E-state index is 13.0. The van der Waals surface area contributed by atoms with Crippen LogP contribution in [-0.4, -0.2) is 45.9 Å². The largest absolute Gasteiger partial charge is 0.374 e. The lowest BCUT2D eigenvalue weighted by Gasteiger charge is -2.43. The molecular weight excluding hydrogens is 318 g/mol. The molecule has 0 N–H and O–H groups in total. The summed E-state index contributed by atoms with van der Waals surface area (Å²) in [4.78, 5) is 27.2. The number of ether oxygens (including phenoxy) is 1. The van der Waals surface area contributed by atoms with Gasteiger partial charge in [0.25, 0.3) is 5.56 Å². The second kappa shape index (κ2) is 6.59. The molecule has 1 amide bonds. The van der Waals surface area contributed by atoms with Gasteiger partial charge in [-0.1, -0.05) is 31.0 Å². The van der Waals surface area contributed by atoms with Gasteiger partial charge >= 0.3 is 0 Å². The number of aryl methyl sites for hydroxylation is 1. The molecule has 1 aromatic heterocycles. The van der Waals surface area contributed by atoms with Crippen molar-refractivity contribution < 1.29 is 9.53 Å². The maximum atomic E-state index is 13.0. The van der Waals surface area contributed by atoms with Crippen LogP contribution in [0.2, 0.25) is 0 Å². The van der Waals surface area contributed by atoms with E-state index in [1.54, 1.807) is 13.1 Å². The Morgan fingerprint density at radius 3 is 2.84 bits per heavy atom. The summed E-state index contributed by atoms with van der Waals surface area (Å²) in [6.07, 6.45) is 4.77. The summed E-state index contributed by atoms with van der Waals surface area (Å²) in [5.41, 5.74) is 0.534. The van der Waals surface area contributed by atoms with E-state index in [4.69, 9.17) is 4.74 Å². The fourth-order valence-corrected chi connectivity index (χ4v) is 4.16. The van der Waals surface area contributed by atoms with Crippen LogP contribution >= 0.6 is 0 Å². The van der Waals surface area contributed by atoms with Gasteiger partial charge in [-0.25, -0.2) is 4.68 Å². The molecule has 1 saturated carbocycles. The molecule has 25 heavy (non-hydrogen) atoms. The summed E-state index contributed by atoms with van der Waals surface area (Å²) in [5, 5.41) is 5.75. The van der Waals surface area contributed by atoms with Crippen LogP contribution in [-0.2, 0) is 23.0 Å². The van der Waals surface area contributed by atoms with Crippen LogP contribution in [0.15, 0.2) is 29.1 Å². The van der Waals surface area contributed by atoms with Gasteiger partial charge in [-0.2, -0.15) is 5.10 Å². The van der Waals surface area contributed by atoms with E-state index in [-0.39, 0.29) is 30.0 Å². The van der Waals surface area contributed by atoms with Crippen molar-refractivity contribution in [1.82, 2.24) is 14.7 Å². The van der Waals surface area contributed by atoms with Crippen LogP contribution in [0.5, 0.6) is 0 Å². The van der Waals surface area contributed by atoms with E-state index in [0.29, 0.717) is 24.2 Å². The number of carbonyl (C=O) groups is 1. The van der Waals surface area contributed by atoms with Gasteiger partial charge in [-0.15, -0.1) is 0 Å². The van der Waals surface area contributed by atoms with E-state index in [1.807, 2.05) is 23.1 Å². The molecule has 2 heterocycles. The summed E-state index contributed by atoms with van der Waals surface area (Å²) in [7, 11) is 1.63. The molecule has 2 atom stereocenters. The first-order valence-electron chi connectivity index (χ1n) is 9.01. The summed E-state index contributed by atoms with van der Waals surface area (Å²) in [6.45, 7) is 1.25. The lowest BCUT2D eigenvalue weighted by atomic mass is 9.90. The van der Waals surface area contributed by atoms with Crippen molar-refractivity contribution in [3.8, 4) is 0 Å². The Morgan fingerprint density at radius 1 is 1.24 bits per heavy atom. The van der Waals surface area contributed by atoms with Gasteiger partial charge in [-0.3, -0.25) is 9.59 Å². The molecule has 6 heteroatoms. The molecule has 132 valence electrons. The van der Waals surface area contributed by atoms with Crippen molar-refractivity contribution in [2.24, 2.45) is 7.05 Å². The smallest absolute Gasteiger partial charge is 0.274 e. The molecule has 4 rings (SSSR count). The lowest BCUT2D eigenvalue weighted by molar-refractivity contribution is -0.148. The molecule has 2 aliphatic rings. The van der Waals surface area contributed by atoms with E-state index in [2.05, 4.69) is 5.10 Å². The number of hydrogen-bond acceptors (Lipinski definition) is 4. The van der Waals surface area contributed by atoms with Gasteiger partial charge in [0.15, 0.2) is 0 Å². The highest BCUT2D eigenvalue weighted by atomic mass is 16.5. The second-order valence-corrected chi connectivity index (χ2v) is 6.95. The van der Waals surface area contributed by atoms with Crippen LogP contribution < -0.4 is 5.56 Å². The van der Waals surface area contributed by atoms with Crippen LogP contribution in [0.4, 0.5) is 0 Å². The third-order valence-electron chi connectivity index (χ3n) is 5.40. The normalized spacial score (nSPS) is 23.5. The Kier molecular flexibility index (Phi) is 4.29. The summed E-state index contributed by atoms with van der Waals surface area (Å²) >= 11 is 0. The van der Waals surface area contributed by atoms with E-state index in [1.165, 1.54) is 11.1 Å². The van der Waals surface area contributed by atoms with Gasteiger partial charge in [0.1, 0.15) is 0 Å². The summed E-state index contributed by atoms with van der Waals surface area (Å²) in [6, 6.07) is 7.57. The SMILES string of the molecule is Cn1nc(CC(=O)N2CCOC3CCCCC32)c2ccccc2c1=O. The highest BCUT2D eigenvalue weighted by Crippen LogP contribution is 2.29. The number of morpholine rings is 1. The third kappa shape index (κ3) is 2.95. The molecule has 2 unspecified atom stereocenters. The molecule has 0 spiro atoms. The molecule has 2 aromatic rings. The zero-order valence-corrected chi connectivity index (χ0v) is 14.5. The van der Waals surface area contributed by atoms with Crippen LogP contribution in [0.1, 0.15) is 31.4 Å². The highest BCUT2D eigenvalue weighted by molar-refractivity contribution is 5.88. The second-order valence-electron chi connectivity index (χ2n) is 6.95. The quantitative estimate of drug-likeness (QED) is 0.833. The van der Waals surface area contributed by atoms with E-state index in [9.17, 15) is 9.59 Å². The first kappa shape index (κ1) is 16.3. The molecule has 6 nitrogen and oxygen atoms in total. The zero-order valence-electron chi connectivity index (χ0n) is 14.5. The fraction of sp³-hybridized carbons (Fsp3) is 0.526. The molecule has 2 fully saturated rings. The third-order valence-corrected chi connectivity index (χ3v) is 5.40. The van der Waals surface area contributed by atoms with Crippen LogP contribution in [0, 0.1) is 0 Å². The Balaban J connectivity index is 1.64. The van der Waals surface area contributed by atoms with Crippen molar-refractivity contribution in [3.05, 3.63) is 40.3 Å². The summed E-state index contributed by atoms with van der Waals surface area (Å²) < 4.78 is 7.19. The molecule has 1 aliphatic heterocycles. The van der Waals surface area contributed by atoms with Crippen molar-refractivity contribution in [1.29, 1.82) is 0 Å². The van der Waals surface area contributed by atoms with Gasteiger partial charge in [-0.05, 0) is 18.9 Å². The first-order valence-corrected chi connectivity index (χ1v) is 9.01. The minimum atomic E-state index is -0.134. The van der Waals surface area contributed by atoms with Crippen LogP contribution in [0.25, 0.3) is 10.8 Å². The fourth-order valence-electron chi connectivity index (χ4n) is 4.16. The molecule has 0 radical (unpaired) electrons. The molecule has 1 aliphatic carbocycles. The van der Waals surface area contributed by atoms with Crippen molar-refractivity contribution >= 4 is 16.7 Å². The summed E-state index contributed by atoms with van der Waals surface area (Å²) in [5.74, 6) is 0.0801. The van der Waals surface area contributed by atoms with Crippen molar-refractivity contribution in [2.75, 3.05) is 13.2 Å². The number of amides is 1. The van der Waals surface area contributed by atoms with Gasteiger partial charge in [0, 0.05) is 19.0 Å². The van der Waals surface area contributed by atoms with Crippen molar-refractivity contribution in [2.45, 2.75) is 44.2 Å². The van der Waals surface area contributed by atoms with Gasteiger partial charge in [0.2, 0.25) is 5.91 Å². The number of carbonyl (C=O) groups excluding carboxylic acids is 1. The number of nitrogens with zero attached hydrogens (tertiary/aromatic N) is 3. The minimum Gasteiger partial charge on any atom is -0.374 e. The Hall–Kier alpha value is -2.21. The number of hydrogen-bond donors (Lipinski definition) is 0.